The fraction of sp³-hybridized carbons (Fsp3) is 0.300. The van der Waals surface area contributed by atoms with Gasteiger partial charge in [0.05, 0.1) is 15.2 Å². The lowest BCUT2D eigenvalue weighted by Gasteiger charge is -2.09. The van der Waals surface area contributed by atoms with Crippen LogP contribution in [0.3, 0.4) is 0 Å². The summed E-state index contributed by atoms with van der Waals surface area (Å²) in [5.41, 5.74) is 0.307. The van der Waals surface area contributed by atoms with Crippen LogP contribution in [-0.4, -0.2) is 24.3 Å². The Morgan fingerprint density at radius 2 is 2.24 bits per heavy atom. The highest BCUT2D eigenvalue weighted by molar-refractivity contribution is 9.10. The van der Waals surface area contributed by atoms with Gasteiger partial charge in [-0.3, -0.25) is 0 Å². The van der Waals surface area contributed by atoms with Crippen LogP contribution in [-0.2, 0) is 0 Å². The van der Waals surface area contributed by atoms with Crippen LogP contribution in [0.15, 0.2) is 16.6 Å². The maximum absolute atomic E-state index is 13.1. The summed E-state index contributed by atoms with van der Waals surface area (Å²) in [5, 5.41) is 13.6. The molecule has 0 spiro atoms. The van der Waals surface area contributed by atoms with Crippen molar-refractivity contribution in [1.29, 1.82) is 0 Å². The third kappa shape index (κ3) is 4.49. The predicted molar refractivity (Wildman–Crippen MR) is 67.8 cm³/mol. The van der Waals surface area contributed by atoms with E-state index in [4.69, 9.17) is 16.7 Å². The SMILES string of the molecule is O=C(NCCCO)Nc1cc(Br)c(F)cc1Cl. The molecule has 0 saturated heterocycles. The number of carbonyl (C=O) groups excluding carboxylic acids is 1. The third-order valence-electron chi connectivity index (χ3n) is 1.88. The first-order valence-corrected chi connectivity index (χ1v) is 6.02. The number of rotatable bonds is 4. The molecule has 0 heterocycles. The fourth-order valence-electron chi connectivity index (χ4n) is 1.07. The first-order chi connectivity index (χ1) is 8.04. The fourth-order valence-corrected chi connectivity index (χ4v) is 1.61. The van der Waals surface area contributed by atoms with E-state index < -0.39 is 11.8 Å². The van der Waals surface area contributed by atoms with Crippen molar-refractivity contribution in [2.45, 2.75) is 6.42 Å². The van der Waals surface area contributed by atoms with Gasteiger partial charge in [0.15, 0.2) is 0 Å². The average molecular weight is 326 g/mol. The lowest BCUT2D eigenvalue weighted by atomic mass is 10.3. The molecule has 0 bridgehead atoms. The van der Waals surface area contributed by atoms with Crippen molar-refractivity contribution in [2.24, 2.45) is 0 Å². The molecule has 0 aliphatic heterocycles. The minimum Gasteiger partial charge on any atom is -0.396 e. The van der Waals surface area contributed by atoms with Gasteiger partial charge in [-0.2, -0.15) is 0 Å². The van der Waals surface area contributed by atoms with Gasteiger partial charge in [-0.15, -0.1) is 0 Å². The van der Waals surface area contributed by atoms with Crippen LogP contribution in [0.4, 0.5) is 14.9 Å². The summed E-state index contributed by atoms with van der Waals surface area (Å²) >= 11 is 8.76. The lowest BCUT2D eigenvalue weighted by molar-refractivity contribution is 0.249. The molecular weight excluding hydrogens is 314 g/mol. The average Bonchev–Trinajstić information content (AvgIpc) is 2.26. The van der Waals surface area contributed by atoms with E-state index in [1.165, 1.54) is 6.07 Å². The Labute approximate surface area is 111 Å². The molecule has 1 aromatic rings. The van der Waals surface area contributed by atoms with E-state index in [0.29, 0.717) is 18.7 Å². The molecule has 0 saturated carbocycles. The lowest BCUT2D eigenvalue weighted by Crippen LogP contribution is -2.30. The number of aliphatic hydroxyl groups excluding tert-OH is 1. The second kappa shape index (κ2) is 6.78. The number of aliphatic hydroxyl groups is 1. The summed E-state index contributed by atoms with van der Waals surface area (Å²) in [7, 11) is 0. The number of halogens is 3. The predicted octanol–water partition coefficient (Wildman–Crippen LogP) is 2.75. The molecule has 0 aromatic heterocycles. The van der Waals surface area contributed by atoms with Gasteiger partial charge in [0.2, 0.25) is 0 Å². The Balaban J connectivity index is 2.62. The molecule has 4 nitrogen and oxygen atoms in total. The maximum Gasteiger partial charge on any atom is 0.319 e. The number of hydrogen-bond donors (Lipinski definition) is 3. The number of carbonyl (C=O) groups is 1. The zero-order valence-electron chi connectivity index (χ0n) is 8.77. The van der Waals surface area contributed by atoms with E-state index in [1.54, 1.807) is 0 Å². The second-order valence-corrected chi connectivity index (χ2v) is 4.47. The van der Waals surface area contributed by atoms with E-state index in [-0.39, 0.29) is 16.1 Å². The highest BCUT2D eigenvalue weighted by Crippen LogP contribution is 2.28. The van der Waals surface area contributed by atoms with Gasteiger partial charge in [0.25, 0.3) is 0 Å². The number of nitrogens with one attached hydrogen (secondary N) is 2. The van der Waals surface area contributed by atoms with E-state index in [1.807, 2.05) is 0 Å². The Hall–Kier alpha value is -0.850. The largest absolute Gasteiger partial charge is 0.396 e. The molecule has 1 rings (SSSR count). The molecule has 0 atom stereocenters. The van der Waals surface area contributed by atoms with Crippen LogP contribution in [0.1, 0.15) is 6.42 Å². The van der Waals surface area contributed by atoms with E-state index >= 15 is 0 Å². The quantitative estimate of drug-likeness (QED) is 0.589. The molecule has 7 heteroatoms. The number of anilines is 1. The van der Waals surface area contributed by atoms with Crippen LogP contribution in [0.25, 0.3) is 0 Å². The van der Waals surface area contributed by atoms with Gasteiger partial charge in [-0.25, -0.2) is 9.18 Å². The van der Waals surface area contributed by atoms with Crippen LogP contribution in [0, 0.1) is 5.82 Å². The van der Waals surface area contributed by atoms with Crippen molar-refractivity contribution in [3.63, 3.8) is 0 Å². The third-order valence-corrected chi connectivity index (χ3v) is 2.80. The minimum atomic E-state index is -0.499. The first-order valence-electron chi connectivity index (χ1n) is 4.85. The van der Waals surface area contributed by atoms with E-state index in [2.05, 4.69) is 26.6 Å². The number of urea groups is 1. The smallest absolute Gasteiger partial charge is 0.319 e. The van der Waals surface area contributed by atoms with Crippen molar-refractivity contribution in [1.82, 2.24) is 5.32 Å². The van der Waals surface area contributed by atoms with Crippen molar-refractivity contribution in [2.75, 3.05) is 18.5 Å². The monoisotopic (exact) mass is 324 g/mol. The Morgan fingerprint density at radius 3 is 2.88 bits per heavy atom. The highest BCUT2D eigenvalue weighted by atomic mass is 79.9. The summed E-state index contributed by atoms with van der Waals surface area (Å²) in [6.45, 7) is 0.353. The summed E-state index contributed by atoms with van der Waals surface area (Å²) in [6, 6.07) is 2.02. The topological polar surface area (TPSA) is 61.4 Å². The maximum atomic E-state index is 13.1. The molecule has 1 aromatic carbocycles. The van der Waals surface area contributed by atoms with Crippen molar-refractivity contribution in [3.05, 3.63) is 27.4 Å². The molecule has 94 valence electrons. The summed E-state index contributed by atoms with van der Waals surface area (Å²) in [6.07, 6.45) is 0.467. The molecule has 2 amide bonds. The van der Waals surface area contributed by atoms with Crippen LogP contribution < -0.4 is 10.6 Å². The van der Waals surface area contributed by atoms with Gasteiger partial charge in [-0.05, 0) is 34.5 Å². The van der Waals surface area contributed by atoms with Gasteiger partial charge in [-0.1, -0.05) is 11.6 Å². The molecule has 3 N–H and O–H groups in total. The molecule has 17 heavy (non-hydrogen) atoms. The van der Waals surface area contributed by atoms with Crippen LogP contribution >= 0.6 is 27.5 Å². The zero-order valence-corrected chi connectivity index (χ0v) is 11.1. The molecule has 0 fully saturated rings. The highest BCUT2D eigenvalue weighted by Gasteiger charge is 2.09. The molecule has 0 radical (unpaired) electrons. The van der Waals surface area contributed by atoms with Crippen LogP contribution in [0.5, 0.6) is 0 Å². The van der Waals surface area contributed by atoms with Gasteiger partial charge in [0.1, 0.15) is 5.82 Å². The van der Waals surface area contributed by atoms with E-state index in [9.17, 15) is 9.18 Å². The Morgan fingerprint density at radius 1 is 1.53 bits per heavy atom. The summed E-state index contributed by atoms with van der Waals surface area (Å²) in [4.78, 5) is 11.4. The van der Waals surface area contributed by atoms with Crippen molar-refractivity contribution >= 4 is 39.2 Å². The Kier molecular flexibility index (Phi) is 5.67. The van der Waals surface area contributed by atoms with Crippen molar-refractivity contribution in [3.8, 4) is 0 Å². The summed E-state index contributed by atoms with van der Waals surface area (Å²) < 4.78 is 13.3. The van der Waals surface area contributed by atoms with Crippen LogP contribution in [0.2, 0.25) is 5.02 Å². The van der Waals surface area contributed by atoms with Gasteiger partial charge < -0.3 is 15.7 Å². The molecule has 0 aliphatic rings. The Bertz CT molecular complexity index is 418. The minimum absolute atomic E-state index is 0.00311. The number of hydrogen-bond acceptors (Lipinski definition) is 2. The standard InChI is InChI=1S/C10H11BrClFN2O2/c11-6-4-9(7(12)5-8(6)13)15-10(17)14-2-1-3-16/h4-5,16H,1-3H2,(H2,14,15,17). The molecular formula is C10H11BrClFN2O2. The van der Waals surface area contributed by atoms with Crippen molar-refractivity contribution < 1.29 is 14.3 Å². The second-order valence-electron chi connectivity index (χ2n) is 3.20. The van der Waals surface area contributed by atoms with Gasteiger partial charge in [0, 0.05) is 13.2 Å². The van der Waals surface area contributed by atoms with Gasteiger partial charge >= 0.3 is 6.03 Å². The first kappa shape index (κ1) is 14.2. The molecule has 0 aliphatic carbocycles. The number of benzene rings is 1. The zero-order chi connectivity index (χ0) is 12.8. The van der Waals surface area contributed by atoms with E-state index in [0.717, 1.165) is 6.07 Å². The molecule has 0 unspecified atom stereocenters. The summed E-state index contributed by atoms with van der Waals surface area (Å²) in [5.74, 6) is -0.499. The number of amides is 2. The normalized spacial score (nSPS) is 10.1.